The number of ether oxygens (including phenoxy) is 1. The van der Waals surface area contributed by atoms with Crippen LogP contribution < -0.4 is 0 Å². The molecule has 2 heterocycles. The lowest BCUT2D eigenvalue weighted by Gasteiger charge is -2.45. The van der Waals surface area contributed by atoms with Crippen LogP contribution in [0.1, 0.15) is 30.4 Å². The number of hydrogen-bond acceptors (Lipinski definition) is 4. The van der Waals surface area contributed by atoms with Gasteiger partial charge in [0.05, 0.1) is 0 Å². The van der Waals surface area contributed by atoms with E-state index < -0.39 is 5.97 Å². The Morgan fingerprint density at radius 3 is 3.00 bits per heavy atom. The van der Waals surface area contributed by atoms with Gasteiger partial charge in [-0.2, -0.15) is 0 Å². The lowest BCUT2D eigenvalue weighted by atomic mass is 9.72. The zero-order valence-electron chi connectivity index (χ0n) is 14.0. The van der Waals surface area contributed by atoms with E-state index in [1.54, 1.807) is 0 Å². The number of fused-ring (bicyclic) bond motifs is 2. The second-order valence-electron chi connectivity index (χ2n) is 7.08. The third kappa shape index (κ3) is 2.44. The zero-order valence-corrected chi connectivity index (χ0v) is 14.0. The van der Waals surface area contributed by atoms with Gasteiger partial charge in [-0.3, -0.25) is 9.59 Å². The lowest BCUT2D eigenvalue weighted by molar-refractivity contribution is -0.147. The van der Waals surface area contributed by atoms with Gasteiger partial charge in [-0.05, 0) is 37.1 Å². The molecule has 0 saturated carbocycles. The van der Waals surface area contributed by atoms with Crippen molar-refractivity contribution in [2.24, 2.45) is 5.92 Å². The Labute approximate surface area is 141 Å². The minimum atomic E-state index is -0.398. The van der Waals surface area contributed by atoms with Gasteiger partial charge < -0.3 is 14.6 Å². The number of nitrogens with one attached hydrogen (secondary N) is 1. The molecule has 2 aromatic rings. The fourth-order valence-corrected chi connectivity index (χ4v) is 4.47. The quantitative estimate of drug-likeness (QED) is 0.879. The van der Waals surface area contributed by atoms with Crippen molar-refractivity contribution in [1.82, 2.24) is 9.88 Å². The number of Topliss-reactive ketones (excluding diaryl/α,β-unsaturated/α-hetero) is 1. The maximum atomic E-state index is 12.5. The molecule has 0 amide bonds. The van der Waals surface area contributed by atoms with Crippen molar-refractivity contribution in [3.05, 3.63) is 35.5 Å². The van der Waals surface area contributed by atoms with Crippen molar-refractivity contribution >= 4 is 22.7 Å². The number of likely N-dealkylation sites (tertiary alicyclic amines) is 1. The van der Waals surface area contributed by atoms with Gasteiger partial charge >= 0.3 is 5.97 Å². The van der Waals surface area contributed by atoms with Gasteiger partial charge in [-0.1, -0.05) is 12.1 Å². The minimum Gasteiger partial charge on any atom is -0.458 e. The summed E-state index contributed by atoms with van der Waals surface area (Å²) in [5, 5.41) is 1.33. The van der Waals surface area contributed by atoms with Crippen LogP contribution in [0, 0.1) is 5.92 Å². The van der Waals surface area contributed by atoms with Gasteiger partial charge in [0.25, 0.3) is 0 Å². The number of likely N-dealkylation sites (N-methyl/N-ethyl adjacent to an activating group) is 1. The number of esters is 1. The molecule has 1 aromatic carbocycles. The van der Waals surface area contributed by atoms with E-state index in [2.05, 4.69) is 41.3 Å². The number of hydrogen-bond donors (Lipinski definition) is 1. The Hall–Kier alpha value is -2.14. The monoisotopic (exact) mass is 326 g/mol. The lowest BCUT2D eigenvalue weighted by Crippen LogP contribution is -2.50. The van der Waals surface area contributed by atoms with E-state index in [0.29, 0.717) is 12.0 Å². The Kier molecular flexibility index (Phi) is 3.68. The number of rotatable bonds is 3. The van der Waals surface area contributed by atoms with Crippen molar-refractivity contribution in [3.8, 4) is 0 Å². The molecule has 5 nitrogen and oxygen atoms in total. The van der Waals surface area contributed by atoms with Crippen LogP contribution in [0.4, 0.5) is 0 Å². The molecule has 4 rings (SSSR count). The number of nitrogens with zero attached hydrogens (tertiary/aromatic N) is 1. The van der Waals surface area contributed by atoms with Gasteiger partial charge in [0, 0.05) is 48.4 Å². The molecule has 24 heavy (non-hydrogen) atoms. The fourth-order valence-electron chi connectivity index (χ4n) is 4.47. The van der Waals surface area contributed by atoms with Crippen molar-refractivity contribution in [2.45, 2.75) is 31.7 Å². The standard InChI is InChI=1S/C19H22N2O3/c1-11(22)24-10-18(23)13-6-15-14-4-3-5-16-19(14)12(8-20-16)7-17(15)21(2)9-13/h3-5,8,13,15,17,20H,6-7,9-10H2,1-2H3/t13?,15?,17-/m1/s1. The molecule has 5 heteroatoms. The first-order chi connectivity index (χ1) is 11.5. The smallest absolute Gasteiger partial charge is 0.303 e. The summed E-state index contributed by atoms with van der Waals surface area (Å²) >= 11 is 0. The van der Waals surface area contributed by atoms with Crippen LogP contribution in [0.15, 0.2) is 24.4 Å². The third-order valence-electron chi connectivity index (χ3n) is 5.60. The van der Waals surface area contributed by atoms with E-state index in [4.69, 9.17) is 4.74 Å². The Bertz CT molecular complexity index is 810. The molecule has 0 radical (unpaired) electrons. The molecule has 126 valence electrons. The van der Waals surface area contributed by atoms with Crippen LogP contribution in [0.25, 0.3) is 10.9 Å². The largest absolute Gasteiger partial charge is 0.458 e. The molecular formula is C19H22N2O3. The first-order valence-electron chi connectivity index (χ1n) is 8.49. The summed E-state index contributed by atoms with van der Waals surface area (Å²) in [4.78, 5) is 29.1. The summed E-state index contributed by atoms with van der Waals surface area (Å²) in [5.74, 6) is -0.0966. The molecule has 0 spiro atoms. The average Bonchev–Trinajstić information content (AvgIpc) is 2.98. The van der Waals surface area contributed by atoms with Crippen molar-refractivity contribution in [1.29, 1.82) is 0 Å². The highest BCUT2D eigenvalue weighted by Crippen LogP contribution is 2.44. The van der Waals surface area contributed by atoms with E-state index in [-0.39, 0.29) is 18.3 Å². The molecule has 0 bridgehead atoms. The topological polar surface area (TPSA) is 62.4 Å². The second-order valence-corrected chi connectivity index (χ2v) is 7.08. The van der Waals surface area contributed by atoms with Crippen LogP contribution >= 0.6 is 0 Å². The molecule has 2 unspecified atom stereocenters. The van der Waals surface area contributed by atoms with E-state index >= 15 is 0 Å². The number of H-pyrrole nitrogens is 1. The number of aromatic nitrogens is 1. The summed E-state index contributed by atoms with van der Waals surface area (Å²) in [5.41, 5.74) is 3.90. The molecule has 2 aliphatic rings. The Balaban J connectivity index is 1.63. The molecule has 1 fully saturated rings. The molecule has 1 aliphatic heterocycles. The summed E-state index contributed by atoms with van der Waals surface area (Å²) in [7, 11) is 2.10. The van der Waals surface area contributed by atoms with Crippen molar-refractivity contribution in [2.75, 3.05) is 20.2 Å². The van der Waals surface area contributed by atoms with Crippen LogP contribution in [-0.4, -0.2) is 47.9 Å². The van der Waals surface area contributed by atoms with E-state index in [1.807, 2.05) is 0 Å². The fraction of sp³-hybridized carbons (Fsp3) is 0.474. The van der Waals surface area contributed by atoms with E-state index in [1.165, 1.54) is 29.0 Å². The van der Waals surface area contributed by atoms with E-state index in [0.717, 1.165) is 19.4 Å². The molecule has 3 atom stereocenters. The maximum absolute atomic E-state index is 12.5. The number of aromatic amines is 1. The highest BCUT2D eigenvalue weighted by Gasteiger charge is 2.41. The van der Waals surface area contributed by atoms with Gasteiger partial charge in [-0.15, -0.1) is 0 Å². The highest BCUT2D eigenvalue weighted by atomic mass is 16.5. The molecule has 1 aliphatic carbocycles. The van der Waals surface area contributed by atoms with Crippen molar-refractivity contribution in [3.63, 3.8) is 0 Å². The maximum Gasteiger partial charge on any atom is 0.303 e. The number of benzene rings is 1. The average molecular weight is 326 g/mol. The van der Waals surface area contributed by atoms with Crippen LogP contribution in [0.5, 0.6) is 0 Å². The van der Waals surface area contributed by atoms with Gasteiger partial charge in [0.1, 0.15) is 6.61 Å². The molecule has 1 aromatic heterocycles. The first kappa shape index (κ1) is 15.4. The van der Waals surface area contributed by atoms with Crippen LogP contribution in [0.2, 0.25) is 0 Å². The van der Waals surface area contributed by atoms with Gasteiger partial charge in [0.15, 0.2) is 5.78 Å². The summed E-state index contributed by atoms with van der Waals surface area (Å²) in [6.07, 6.45) is 3.97. The van der Waals surface area contributed by atoms with E-state index in [9.17, 15) is 9.59 Å². The third-order valence-corrected chi connectivity index (χ3v) is 5.60. The number of piperidine rings is 1. The normalized spacial score (nSPS) is 26.2. The predicted octanol–water partition coefficient (Wildman–Crippen LogP) is 2.26. The number of carbonyl (C=O) groups is 2. The summed E-state index contributed by atoms with van der Waals surface area (Å²) < 4.78 is 4.92. The number of ketones is 1. The Morgan fingerprint density at radius 1 is 1.38 bits per heavy atom. The van der Waals surface area contributed by atoms with Gasteiger partial charge in [-0.25, -0.2) is 0 Å². The predicted molar refractivity (Wildman–Crippen MR) is 90.9 cm³/mol. The first-order valence-corrected chi connectivity index (χ1v) is 8.49. The molecule has 1 saturated heterocycles. The molecular weight excluding hydrogens is 304 g/mol. The molecule has 1 N–H and O–H groups in total. The summed E-state index contributed by atoms with van der Waals surface area (Å²) in [6, 6.07) is 6.82. The SMILES string of the molecule is CC(=O)OCC(=O)C1CC2c3cccc4[nH]cc(c34)C[C@H]2N(C)C1. The van der Waals surface area contributed by atoms with Crippen molar-refractivity contribution < 1.29 is 14.3 Å². The Morgan fingerprint density at radius 2 is 2.21 bits per heavy atom. The highest BCUT2D eigenvalue weighted by molar-refractivity contribution is 5.89. The number of carbonyl (C=O) groups excluding carboxylic acids is 2. The summed E-state index contributed by atoms with van der Waals surface area (Å²) in [6.45, 7) is 1.97. The van der Waals surface area contributed by atoms with Crippen LogP contribution in [-0.2, 0) is 20.7 Å². The minimum absolute atomic E-state index is 0.0301. The second kappa shape index (κ2) is 5.74. The van der Waals surface area contributed by atoms with Crippen LogP contribution in [0.3, 0.4) is 0 Å². The van der Waals surface area contributed by atoms with Gasteiger partial charge in [0.2, 0.25) is 0 Å². The zero-order chi connectivity index (χ0) is 16.8.